The van der Waals surface area contributed by atoms with Gasteiger partial charge in [0.05, 0.1) is 6.04 Å². The molecule has 1 aromatic rings. The van der Waals surface area contributed by atoms with Crippen molar-refractivity contribution in [3.63, 3.8) is 0 Å². The minimum atomic E-state index is -0.553. The summed E-state index contributed by atoms with van der Waals surface area (Å²) in [6, 6.07) is 9.62. The molecule has 1 saturated carbocycles. The first-order valence-corrected chi connectivity index (χ1v) is 6.83. The van der Waals surface area contributed by atoms with Gasteiger partial charge in [0.15, 0.2) is 0 Å². The van der Waals surface area contributed by atoms with Gasteiger partial charge in [0, 0.05) is 6.04 Å². The van der Waals surface area contributed by atoms with Crippen LogP contribution in [0.3, 0.4) is 0 Å². The molecule has 0 saturated heterocycles. The Morgan fingerprint density at radius 3 is 2.37 bits per heavy atom. The van der Waals surface area contributed by atoms with Crippen LogP contribution in [0.25, 0.3) is 0 Å². The van der Waals surface area contributed by atoms with Crippen molar-refractivity contribution in [1.29, 1.82) is 0 Å². The van der Waals surface area contributed by atoms with Crippen LogP contribution in [0.4, 0.5) is 0 Å². The highest BCUT2D eigenvalue weighted by Gasteiger charge is 2.22. The van der Waals surface area contributed by atoms with Gasteiger partial charge < -0.3 is 10.6 Å². The predicted molar refractivity (Wildman–Crippen MR) is 73.4 cm³/mol. The fourth-order valence-corrected chi connectivity index (χ4v) is 2.41. The fourth-order valence-electron chi connectivity index (χ4n) is 2.41. The molecule has 0 bridgehead atoms. The van der Waals surface area contributed by atoms with Crippen LogP contribution >= 0.6 is 0 Å². The number of amides is 2. The molecule has 0 aromatic heterocycles. The Bertz CT molecular complexity index is 439. The second-order valence-electron chi connectivity index (χ2n) is 5.06. The lowest BCUT2D eigenvalue weighted by atomic mass is 10.1. The standard InChI is InChI=1S/C15H20N2O2/c1-11(12-7-3-2-4-8-12)16-14(18)15(19)17-13-9-5-6-10-13/h2-4,7-8,11,13H,5-6,9-10H2,1H3,(H,16,18)(H,17,19). The second-order valence-corrected chi connectivity index (χ2v) is 5.06. The first kappa shape index (κ1) is 13.6. The van der Waals surface area contributed by atoms with Gasteiger partial charge in [0.1, 0.15) is 0 Å². The van der Waals surface area contributed by atoms with Crippen molar-refractivity contribution in [2.24, 2.45) is 0 Å². The topological polar surface area (TPSA) is 58.2 Å². The van der Waals surface area contributed by atoms with Gasteiger partial charge in [-0.2, -0.15) is 0 Å². The van der Waals surface area contributed by atoms with E-state index in [1.807, 2.05) is 37.3 Å². The first-order chi connectivity index (χ1) is 9.16. The Morgan fingerprint density at radius 2 is 1.74 bits per heavy atom. The molecule has 0 aliphatic heterocycles. The minimum absolute atomic E-state index is 0.164. The summed E-state index contributed by atoms with van der Waals surface area (Å²) in [6.45, 7) is 1.87. The van der Waals surface area contributed by atoms with E-state index in [0.29, 0.717) is 0 Å². The summed E-state index contributed by atoms with van der Waals surface area (Å²) in [6.07, 6.45) is 4.22. The molecule has 0 radical (unpaired) electrons. The Labute approximate surface area is 113 Å². The van der Waals surface area contributed by atoms with Crippen LogP contribution in [0.1, 0.15) is 44.2 Å². The maximum atomic E-state index is 11.8. The second kappa shape index (κ2) is 6.36. The van der Waals surface area contributed by atoms with Crippen LogP contribution in [0, 0.1) is 0 Å². The van der Waals surface area contributed by atoms with Crippen molar-refractivity contribution < 1.29 is 9.59 Å². The molecule has 19 heavy (non-hydrogen) atoms. The Kier molecular flexibility index (Phi) is 4.55. The highest BCUT2D eigenvalue weighted by Crippen LogP contribution is 2.17. The van der Waals surface area contributed by atoms with Gasteiger partial charge in [-0.05, 0) is 25.3 Å². The van der Waals surface area contributed by atoms with E-state index in [0.717, 1.165) is 31.2 Å². The molecule has 1 fully saturated rings. The molecule has 0 spiro atoms. The van der Waals surface area contributed by atoms with Crippen molar-refractivity contribution in [2.75, 3.05) is 0 Å². The van der Waals surface area contributed by atoms with Crippen molar-refractivity contribution in [1.82, 2.24) is 10.6 Å². The van der Waals surface area contributed by atoms with Crippen LogP contribution in [0.5, 0.6) is 0 Å². The molecule has 4 heteroatoms. The van der Waals surface area contributed by atoms with E-state index in [1.54, 1.807) is 0 Å². The van der Waals surface area contributed by atoms with E-state index in [1.165, 1.54) is 0 Å². The number of rotatable bonds is 3. The van der Waals surface area contributed by atoms with Crippen LogP contribution in [0.2, 0.25) is 0 Å². The van der Waals surface area contributed by atoms with Crippen molar-refractivity contribution in [3.8, 4) is 0 Å². The van der Waals surface area contributed by atoms with Gasteiger partial charge >= 0.3 is 11.8 Å². The number of carbonyl (C=O) groups is 2. The Hall–Kier alpha value is -1.84. The van der Waals surface area contributed by atoms with E-state index in [2.05, 4.69) is 10.6 Å². The summed E-state index contributed by atoms with van der Waals surface area (Å²) in [5.41, 5.74) is 0.990. The molecule has 102 valence electrons. The lowest BCUT2D eigenvalue weighted by molar-refractivity contribution is -0.140. The molecule has 0 heterocycles. The Balaban J connectivity index is 1.84. The van der Waals surface area contributed by atoms with Gasteiger partial charge in [-0.3, -0.25) is 9.59 Å². The lowest BCUT2D eigenvalue weighted by Crippen LogP contribution is -2.44. The average molecular weight is 260 g/mol. The maximum absolute atomic E-state index is 11.8. The fraction of sp³-hybridized carbons (Fsp3) is 0.467. The van der Waals surface area contributed by atoms with E-state index < -0.39 is 11.8 Å². The van der Waals surface area contributed by atoms with E-state index >= 15 is 0 Å². The molecule has 1 unspecified atom stereocenters. The van der Waals surface area contributed by atoms with Gasteiger partial charge in [0.2, 0.25) is 0 Å². The minimum Gasteiger partial charge on any atom is -0.345 e. The summed E-state index contributed by atoms with van der Waals surface area (Å²) in [7, 11) is 0. The van der Waals surface area contributed by atoms with Gasteiger partial charge in [-0.1, -0.05) is 43.2 Å². The number of hydrogen-bond acceptors (Lipinski definition) is 2. The van der Waals surface area contributed by atoms with Crippen LogP contribution < -0.4 is 10.6 Å². The summed E-state index contributed by atoms with van der Waals surface area (Å²) in [5.74, 6) is -1.07. The summed E-state index contributed by atoms with van der Waals surface area (Å²) < 4.78 is 0. The van der Waals surface area contributed by atoms with Crippen molar-refractivity contribution in [2.45, 2.75) is 44.7 Å². The molecule has 2 amide bonds. The zero-order valence-electron chi connectivity index (χ0n) is 11.2. The monoisotopic (exact) mass is 260 g/mol. The third kappa shape index (κ3) is 3.81. The zero-order chi connectivity index (χ0) is 13.7. The number of hydrogen-bond donors (Lipinski definition) is 2. The van der Waals surface area contributed by atoms with Gasteiger partial charge in [-0.15, -0.1) is 0 Å². The number of nitrogens with one attached hydrogen (secondary N) is 2. The van der Waals surface area contributed by atoms with Crippen LogP contribution in [-0.2, 0) is 9.59 Å². The molecule has 1 aromatic carbocycles. The lowest BCUT2D eigenvalue weighted by Gasteiger charge is -2.16. The highest BCUT2D eigenvalue weighted by atomic mass is 16.2. The van der Waals surface area contributed by atoms with Crippen LogP contribution in [0.15, 0.2) is 30.3 Å². The van der Waals surface area contributed by atoms with Gasteiger partial charge in [0.25, 0.3) is 0 Å². The van der Waals surface area contributed by atoms with Crippen molar-refractivity contribution >= 4 is 11.8 Å². The number of benzene rings is 1. The summed E-state index contributed by atoms with van der Waals surface area (Å²) in [4.78, 5) is 23.5. The summed E-state index contributed by atoms with van der Waals surface area (Å²) >= 11 is 0. The third-order valence-electron chi connectivity index (χ3n) is 3.54. The maximum Gasteiger partial charge on any atom is 0.309 e. The quantitative estimate of drug-likeness (QED) is 0.816. The van der Waals surface area contributed by atoms with Gasteiger partial charge in [-0.25, -0.2) is 0 Å². The normalized spacial score (nSPS) is 16.9. The average Bonchev–Trinajstić information content (AvgIpc) is 2.92. The van der Waals surface area contributed by atoms with E-state index in [9.17, 15) is 9.59 Å². The number of carbonyl (C=O) groups excluding carboxylic acids is 2. The molecular weight excluding hydrogens is 240 g/mol. The highest BCUT2D eigenvalue weighted by molar-refractivity contribution is 6.35. The van der Waals surface area contributed by atoms with Crippen molar-refractivity contribution in [3.05, 3.63) is 35.9 Å². The van der Waals surface area contributed by atoms with E-state index in [-0.39, 0.29) is 12.1 Å². The van der Waals surface area contributed by atoms with Crippen LogP contribution in [-0.4, -0.2) is 17.9 Å². The Morgan fingerprint density at radius 1 is 1.11 bits per heavy atom. The first-order valence-electron chi connectivity index (χ1n) is 6.83. The predicted octanol–water partition coefficient (Wildman–Crippen LogP) is 1.92. The molecule has 1 atom stereocenters. The van der Waals surface area contributed by atoms with E-state index in [4.69, 9.17) is 0 Å². The molecular formula is C15H20N2O2. The molecule has 1 aliphatic carbocycles. The molecule has 2 rings (SSSR count). The molecule has 4 nitrogen and oxygen atoms in total. The zero-order valence-corrected chi connectivity index (χ0v) is 11.2. The largest absolute Gasteiger partial charge is 0.345 e. The summed E-state index contributed by atoms with van der Waals surface area (Å²) in [5, 5.41) is 5.50. The molecule has 2 N–H and O–H groups in total. The SMILES string of the molecule is CC(NC(=O)C(=O)NC1CCCC1)c1ccccc1. The third-order valence-corrected chi connectivity index (χ3v) is 3.54. The molecule has 1 aliphatic rings. The smallest absolute Gasteiger partial charge is 0.309 e.